The number of carbonyl (C=O) groups is 1. The Morgan fingerprint density at radius 2 is 1.69 bits per heavy atom. The third-order valence-corrected chi connectivity index (χ3v) is 8.13. The van der Waals surface area contributed by atoms with Crippen molar-refractivity contribution in [2.75, 3.05) is 26.2 Å². The van der Waals surface area contributed by atoms with E-state index >= 15 is 0 Å². The van der Waals surface area contributed by atoms with Crippen molar-refractivity contribution in [3.8, 4) is 5.69 Å². The molecule has 2 aliphatic rings. The van der Waals surface area contributed by atoms with Crippen LogP contribution in [0.2, 0.25) is 5.02 Å². The number of halogens is 1. The van der Waals surface area contributed by atoms with Crippen LogP contribution in [0, 0.1) is 0 Å². The molecular weight excluding hydrogens is 474 g/mol. The second kappa shape index (κ2) is 9.37. The van der Waals surface area contributed by atoms with E-state index < -0.39 is 0 Å². The summed E-state index contributed by atoms with van der Waals surface area (Å²) in [5.41, 5.74) is 1.94. The standard InChI is InChI=1S/C28H30ClN5O2/c1-31-23-18-19(29)12-13-22(23)24-25(30-34(28(36)26(24)31)21-10-6-3-7-11-21)27(35)33-16-14-32(15-17-33)20-8-4-2-5-9-20/h3,6-7,10-13,18,20H,2,4-5,8-9,14-17H2,1H3. The fraction of sp³-hybridized carbons (Fsp3) is 0.393. The van der Waals surface area contributed by atoms with Crippen LogP contribution in [0.15, 0.2) is 53.3 Å². The van der Waals surface area contributed by atoms with Crippen molar-refractivity contribution < 1.29 is 4.79 Å². The average molecular weight is 504 g/mol. The molecule has 7 nitrogen and oxygen atoms in total. The van der Waals surface area contributed by atoms with Crippen LogP contribution in [0.1, 0.15) is 42.6 Å². The molecule has 0 bridgehead atoms. The number of amides is 1. The lowest BCUT2D eigenvalue weighted by atomic mass is 9.94. The lowest BCUT2D eigenvalue weighted by Crippen LogP contribution is -2.52. The molecule has 8 heteroatoms. The number of nitrogens with zero attached hydrogens (tertiary/aromatic N) is 5. The number of rotatable bonds is 3. The van der Waals surface area contributed by atoms with Gasteiger partial charge in [0.2, 0.25) is 0 Å². The van der Waals surface area contributed by atoms with Crippen molar-refractivity contribution in [3.63, 3.8) is 0 Å². The maximum Gasteiger partial charge on any atom is 0.296 e. The van der Waals surface area contributed by atoms with Crippen LogP contribution in [-0.2, 0) is 7.05 Å². The molecule has 6 rings (SSSR count). The molecule has 4 aromatic rings. The number of hydrogen-bond donors (Lipinski definition) is 0. The van der Waals surface area contributed by atoms with Gasteiger partial charge >= 0.3 is 0 Å². The first-order valence-electron chi connectivity index (χ1n) is 12.8. The summed E-state index contributed by atoms with van der Waals surface area (Å²) in [7, 11) is 1.84. The molecular formula is C28H30ClN5O2. The van der Waals surface area contributed by atoms with Crippen LogP contribution in [0.25, 0.3) is 27.5 Å². The number of para-hydroxylation sites is 1. The molecule has 2 fully saturated rings. The molecule has 2 aromatic carbocycles. The Hall–Kier alpha value is -3.16. The van der Waals surface area contributed by atoms with Gasteiger partial charge < -0.3 is 9.47 Å². The number of aromatic nitrogens is 3. The topological polar surface area (TPSA) is 63.4 Å². The van der Waals surface area contributed by atoms with Gasteiger partial charge in [-0.15, -0.1) is 0 Å². The monoisotopic (exact) mass is 503 g/mol. The number of benzene rings is 2. The minimum absolute atomic E-state index is 0.129. The minimum Gasteiger partial charge on any atom is -0.339 e. The van der Waals surface area contributed by atoms with Crippen molar-refractivity contribution >= 4 is 39.3 Å². The molecule has 1 aliphatic carbocycles. The molecule has 0 spiro atoms. The zero-order chi connectivity index (χ0) is 24.8. The molecule has 1 saturated carbocycles. The Kier molecular flexibility index (Phi) is 6.05. The van der Waals surface area contributed by atoms with Gasteiger partial charge in [0.05, 0.1) is 11.2 Å². The quantitative estimate of drug-likeness (QED) is 0.409. The molecule has 186 valence electrons. The number of carbonyl (C=O) groups excluding carboxylic acids is 1. The van der Waals surface area contributed by atoms with E-state index in [0.29, 0.717) is 46.4 Å². The Morgan fingerprint density at radius 3 is 2.42 bits per heavy atom. The zero-order valence-electron chi connectivity index (χ0n) is 20.5. The first-order chi connectivity index (χ1) is 17.5. The van der Waals surface area contributed by atoms with Crippen LogP contribution in [0.4, 0.5) is 0 Å². The van der Waals surface area contributed by atoms with Crippen LogP contribution in [0.5, 0.6) is 0 Å². The van der Waals surface area contributed by atoms with E-state index in [4.69, 9.17) is 16.7 Å². The van der Waals surface area contributed by atoms with Crippen molar-refractivity contribution in [1.29, 1.82) is 0 Å². The van der Waals surface area contributed by atoms with Crippen molar-refractivity contribution in [2.24, 2.45) is 7.05 Å². The number of hydrogen-bond acceptors (Lipinski definition) is 4. The van der Waals surface area contributed by atoms with Crippen LogP contribution < -0.4 is 5.56 Å². The molecule has 2 aromatic heterocycles. The first kappa shape index (κ1) is 23.3. The van der Waals surface area contributed by atoms with E-state index in [1.165, 1.54) is 36.8 Å². The lowest BCUT2D eigenvalue weighted by molar-refractivity contribution is 0.0518. The fourth-order valence-electron chi connectivity index (χ4n) is 5.98. The van der Waals surface area contributed by atoms with E-state index in [1.807, 2.05) is 59.0 Å². The summed E-state index contributed by atoms with van der Waals surface area (Å²) in [6, 6.07) is 15.4. The van der Waals surface area contributed by atoms with E-state index in [1.54, 1.807) is 6.07 Å². The van der Waals surface area contributed by atoms with E-state index in [2.05, 4.69) is 4.90 Å². The summed E-state index contributed by atoms with van der Waals surface area (Å²) < 4.78 is 3.19. The lowest BCUT2D eigenvalue weighted by Gasteiger charge is -2.40. The normalized spacial score (nSPS) is 17.8. The van der Waals surface area contributed by atoms with Crippen molar-refractivity contribution in [1.82, 2.24) is 24.1 Å². The maximum atomic E-state index is 14.0. The van der Waals surface area contributed by atoms with Crippen LogP contribution in [-0.4, -0.2) is 62.3 Å². The van der Waals surface area contributed by atoms with Crippen LogP contribution in [0.3, 0.4) is 0 Å². The summed E-state index contributed by atoms with van der Waals surface area (Å²) in [5.74, 6) is -0.129. The minimum atomic E-state index is -0.260. The highest BCUT2D eigenvalue weighted by Crippen LogP contribution is 2.31. The Balaban J connectivity index is 1.45. The third kappa shape index (κ3) is 3.91. The highest BCUT2D eigenvalue weighted by atomic mass is 35.5. The predicted octanol–water partition coefficient (Wildman–Crippen LogP) is 4.62. The molecule has 36 heavy (non-hydrogen) atoms. The van der Waals surface area contributed by atoms with Gasteiger partial charge in [-0.2, -0.15) is 9.78 Å². The largest absolute Gasteiger partial charge is 0.339 e. The Bertz CT molecular complexity index is 1500. The summed E-state index contributed by atoms with van der Waals surface area (Å²) in [4.78, 5) is 32.1. The highest BCUT2D eigenvalue weighted by Gasteiger charge is 2.31. The van der Waals surface area contributed by atoms with Crippen molar-refractivity contribution in [2.45, 2.75) is 38.1 Å². The molecule has 0 atom stereocenters. The smallest absolute Gasteiger partial charge is 0.296 e. The van der Waals surface area contributed by atoms with Crippen LogP contribution >= 0.6 is 11.6 Å². The molecule has 1 saturated heterocycles. The Labute approximate surface area is 214 Å². The fourth-order valence-corrected chi connectivity index (χ4v) is 6.14. The van der Waals surface area contributed by atoms with Gasteiger partial charge in [-0.05, 0) is 37.1 Å². The second-order valence-electron chi connectivity index (χ2n) is 9.97. The summed E-state index contributed by atoms with van der Waals surface area (Å²) in [6.45, 7) is 3.09. The molecule has 1 aliphatic heterocycles. The van der Waals surface area contributed by atoms with Gasteiger partial charge in [0.25, 0.3) is 11.5 Å². The summed E-state index contributed by atoms with van der Waals surface area (Å²) >= 11 is 6.29. The summed E-state index contributed by atoms with van der Waals surface area (Å²) in [5, 5.41) is 6.68. The number of fused-ring (bicyclic) bond motifs is 3. The number of aryl methyl sites for hydroxylation is 1. The molecule has 0 unspecified atom stereocenters. The first-order valence-corrected chi connectivity index (χ1v) is 13.2. The molecule has 0 radical (unpaired) electrons. The molecule has 3 heterocycles. The predicted molar refractivity (Wildman–Crippen MR) is 143 cm³/mol. The SMILES string of the molecule is Cn1c2cc(Cl)ccc2c2c(C(=O)N3CCN(C4CCCCC4)CC3)nn(-c3ccccc3)c(=O)c21. The molecule has 0 N–H and O–H groups in total. The third-order valence-electron chi connectivity index (χ3n) is 7.89. The van der Waals surface area contributed by atoms with Gasteiger partial charge in [-0.1, -0.05) is 55.1 Å². The van der Waals surface area contributed by atoms with E-state index in [9.17, 15) is 9.59 Å². The Morgan fingerprint density at radius 1 is 0.972 bits per heavy atom. The van der Waals surface area contributed by atoms with Crippen molar-refractivity contribution in [3.05, 3.63) is 69.6 Å². The second-order valence-corrected chi connectivity index (χ2v) is 10.4. The van der Waals surface area contributed by atoms with E-state index in [-0.39, 0.29) is 11.5 Å². The van der Waals surface area contributed by atoms with Gasteiger partial charge in [0, 0.05) is 55.1 Å². The van der Waals surface area contributed by atoms with Gasteiger partial charge in [-0.3, -0.25) is 14.5 Å². The highest BCUT2D eigenvalue weighted by molar-refractivity contribution is 6.31. The number of piperazine rings is 1. The van der Waals surface area contributed by atoms with E-state index in [0.717, 1.165) is 24.0 Å². The van der Waals surface area contributed by atoms with Gasteiger partial charge in [-0.25, -0.2) is 0 Å². The summed E-state index contributed by atoms with van der Waals surface area (Å²) in [6.07, 6.45) is 6.47. The van der Waals surface area contributed by atoms with Gasteiger partial charge in [0.15, 0.2) is 5.69 Å². The molecule has 1 amide bonds. The zero-order valence-corrected chi connectivity index (χ0v) is 21.2. The van der Waals surface area contributed by atoms with Gasteiger partial charge in [0.1, 0.15) is 5.52 Å². The average Bonchev–Trinajstić information content (AvgIpc) is 3.22. The maximum absolute atomic E-state index is 14.0.